The van der Waals surface area contributed by atoms with Crippen molar-refractivity contribution in [3.63, 3.8) is 0 Å². The van der Waals surface area contributed by atoms with E-state index in [4.69, 9.17) is 5.73 Å². The molecule has 0 radical (unpaired) electrons. The van der Waals surface area contributed by atoms with Gasteiger partial charge in [0.15, 0.2) is 0 Å². The number of amides is 1. The maximum atomic E-state index is 11.2. The normalized spacial score (nSPS) is 12.3. The van der Waals surface area contributed by atoms with Gasteiger partial charge in [-0.05, 0) is 28.8 Å². The minimum absolute atomic E-state index is 0.281. The fourth-order valence-electron chi connectivity index (χ4n) is 2.09. The lowest BCUT2D eigenvalue weighted by atomic mass is 9.94. The van der Waals surface area contributed by atoms with E-state index in [9.17, 15) is 9.90 Å². The number of carbonyl (C=O) groups excluding carboxylic acids is 1. The lowest BCUT2D eigenvalue weighted by Gasteiger charge is -2.12. The Labute approximate surface area is 106 Å². The van der Waals surface area contributed by atoms with E-state index in [0.29, 0.717) is 5.56 Å². The van der Waals surface area contributed by atoms with E-state index in [2.05, 4.69) is 6.58 Å². The predicted molar refractivity (Wildman–Crippen MR) is 72.8 cm³/mol. The molecule has 3 nitrogen and oxygen atoms in total. The average molecular weight is 241 g/mol. The maximum Gasteiger partial charge on any atom is 0.248 e. The second-order valence-corrected chi connectivity index (χ2v) is 4.27. The van der Waals surface area contributed by atoms with Crippen molar-refractivity contribution in [1.82, 2.24) is 0 Å². The third-order valence-corrected chi connectivity index (χ3v) is 3.03. The molecular weight excluding hydrogens is 226 g/mol. The van der Waals surface area contributed by atoms with Crippen molar-refractivity contribution in [2.24, 2.45) is 5.73 Å². The second-order valence-electron chi connectivity index (χ2n) is 4.27. The van der Waals surface area contributed by atoms with Crippen molar-refractivity contribution in [2.45, 2.75) is 13.0 Å². The summed E-state index contributed by atoms with van der Waals surface area (Å²) in [7, 11) is 0. The predicted octanol–water partition coefficient (Wildman–Crippen LogP) is 2.39. The van der Waals surface area contributed by atoms with E-state index in [1.165, 1.54) is 0 Å². The summed E-state index contributed by atoms with van der Waals surface area (Å²) >= 11 is 0. The molecule has 1 atom stereocenters. The Bertz CT molecular complexity index is 629. The lowest BCUT2D eigenvalue weighted by Crippen LogP contribution is -2.12. The summed E-state index contributed by atoms with van der Waals surface area (Å²) in [6.45, 7) is 5.42. The van der Waals surface area contributed by atoms with Crippen LogP contribution in [0, 0.1) is 0 Å². The Kier molecular flexibility index (Phi) is 3.17. The van der Waals surface area contributed by atoms with Gasteiger partial charge >= 0.3 is 0 Å². The summed E-state index contributed by atoms with van der Waals surface area (Å²) in [5.74, 6) is -0.537. The van der Waals surface area contributed by atoms with Crippen molar-refractivity contribution in [1.29, 1.82) is 0 Å². The molecule has 3 heteroatoms. The van der Waals surface area contributed by atoms with Crippen molar-refractivity contribution in [2.75, 3.05) is 0 Å². The highest BCUT2D eigenvalue weighted by molar-refractivity contribution is 6.21. The number of aliphatic hydroxyl groups is 1. The standard InChI is InChI=1S/C15H15NO2/c1-9(15(16)18)11-5-3-8-14-12(10(2)17)6-4-7-13(11)14/h3-8,10,17H,1H2,2H3,(H2,16,18). The molecule has 0 saturated heterocycles. The first-order chi connectivity index (χ1) is 8.52. The quantitative estimate of drug-likeness (QED) is 0.810. The summed E-state index contributed by atoms with van der Waals surface area (Å²) in [6.07, 6.45) is -0.564. The van der Waals surface area contributed by atoms with Gasteiger partial charge < -0.3 is 10.8 Å². The molecule has 0 aliphatic carbocycles. The van der Waals surface area contributed by atoms with Gasteiger partial charge in [0.1, 0.15) is 0 Å². The molecule has 0 saturated carbocycles. The maximum absolute atomic E-state index is 11.2. The highest BCUT2D eigenvalue weighted by Crippen LogP contribution is 2.29. The first kappa shape index (κ1) is 12.3. The van der Waals surface area contributed by atoms with Crippen molar-refractivity contribution in [3.8, 4) is 0 Å². The van der Waals surface area contributed by atoms with E-state index in [-0.39, 0.29) is 5.57 Å². The minimum Gasteiger partial charge on any atom is -0.389 e. The first-order valence-corrected chi connectivity index (χ1v) is 5.71. The van der Waals surface area contributed by atoms with Crippen LogP contribution in [-0.2, 0) is 4.79 Å². The summed E-state index contributed by atoms with van der Waals surface area (Å²) < 4.78 is 0. The van der Waals surface area contributed by atoms with Crippen molar-refractivity contribution >= 4 is 22.3 Å². The number of rotatable bonds is 3. The van der Waals surface area contributed by atoms with Gasteiger partial charge in [-0.2, -0.15) is 0 Å². The Morgan fingerprint density at radius 3 is 2.44 bits per heavy atom. The van der Waals surface area contributed by atoms with Crippen LogP contribution in [0.1, 0.15) is 24.2 Å². The molecule has 92 valence electrons. The van der Waals surface area contributed by atoms with Gasteiger partial charge in [-0.3, -0.25) is 4.79 Å². The third-order valence-electron chi connectivity index (χ3n) is 3.03. The van der Waals surface area contributed by atoms with Crippen LogP contribution in [-0.4, -0.2) is 11.0 Å². The number of carbonyl (C=O) groups is 1. The highest BCUT2D eigenvalue weighted by Gasteiger charge is 2.12. The molecular formula is C15H15NO2. The molecule has 0 aliphatic heterocycles. The third kappa shape index (κ3) is 2.00. The van der Waals surface area contributed by atoms with Gasteiger partial charge in [0, 0.05) is 5.57 Å². The summed E-state index contributed by atoms with van der Waals surface area (Å²) in [5, 5.41) is 11.5. The topological polar surface area (TPSA) is 63.3 Å². The molecule has 0 aromatic heterocycles. The Balaban J connectivity index is 2.75. The molecule has 0 fully saturated rings. The van der Waals surface area contributed by atoms with E-state index in [1.54, 1.807) is 13.0 Å². The summed E-state index contributed by atoms with van der Waals surface area (Å²) in [6, 6.07) is 11.2. The Morgan fingerprint density at radius 1 is 1.22 bits per heavy atom. The van der Waals surface area contributed by atoms with Crippen molar-refractivity contribution < 1.29 is 9.90 Å². The second kappa shape index (κ2) is 4.63. The van der Waals surface area contributed by atoms with Gasteiger partial charge in [-0.1, -0.05) is 43.0 Å². The average Bonchev–Trinajstić information content (AvgIpc) is 2.36. The molecule has 18 heavy (non-hydrogen) atoms. The molecule has 1 unspecified atom stereocenters. The largest absolute Gasteiger partial charge is 0.389 e. The smallest absolute Gasteiger partial charge is 0.248 e. The van der Waals surface area contributed by atoms with Gasteiger partial charge in [0.2, 0.25) is 5.91 Å². The zero-order valence-electron chi connectivity index (χ0n) is 10.2. The number of nitrogens with two attached hydrogens (primary N) is 1. The molecule has 1 amide bonds. The van der Waals surface area contributed by atoms with E-state index in [0.717, 1.165) is 16.3 Å². The van der Waals surface area contributed by atoms with Gasteiger partial charge in [0.25, 0.3) is 0 Å². The van der Waals surface area contributed by atoms with Crippen LogP contribution in [0.5, 0.6) is 0 Å². The van der Waals surface area contributed by atoms with Crippen LogP contribution in [0.2, 0.25) is 0 Å². The molecule has 2 aromatic carbocycles. The lowest BCUT2D eigenvalue weighted by molar-refractivity contribution is -0.112. The van der Waals surface area contributed by atoms with Crippen LogP contribution in [0.3, 0.4) is 0 Å². The minimum atomic E-state index is -0.564. The van der Waals surface area contributed by atoms with E-state index in [1.807, 2.05) is 30.3 Å². The molecule has 0 spiro atoms. The Hall–Kier alpha value is -2.13. The molecule has 2 aromatic rings. The molecule has 3 N–H and O–H groups in total. The van der Waals surface area contributed by atoms with E-state index >= 15 is 0 Å². The van der Waals surface area contributed by atoms with Gasteiger partial charge in [-0.25, -0.2) is 0 Å². The number of hydrogen-bond acceptors (Lipinski definition) is 2. The number of benzene rings is 2. The van der Waals surface area contributed by atoms with Crippen LogP contribution in [0.25, 0.3) is 16.3 Å². The zero-order chi connectivity index (χ0) is 13.3. The monoisotopic (exact) mass is 241 g/mol. The van der Waals surface area contributed by atoms with Crippen molar-refractivity contribution in [3.05, 3.63) is 54.1 Å². The Morgan fingerprint density at radius 2 is 1.83 bits per heavy atom. The SMILES string of the molecule is C=C(C(N)=O)c1cccc2c(C(C)O)cccc12. The van der Waals surface area contributed by atoms with Crippen LogP contribution in [0.4, 0.5) is 0 Å². The first-order valence-electron chi connectivity index (χ1n) is 5.71. The van der Waals surface area contributed by atoms with Crippen LogP contribution in [0.15, 0.2) is 43.0 Å². The molecule has 0 bridgehead atoms. The fraction of sp³-hybridized carbons (Fsp3) is 0.133. The summed E-state index contributed by atoms with van der Waals surface area (Å²) in [5.41, 5.74) is 7.09. The number of fused-ring (bicyclic) bond motifs is 1. The van der Waals surface area contributed by atoms with Gasteiger partial charge in [0.05, 0.1) is 6.10 Å². The summed E-state index contributed by atoms with van der Waals surface area (Å²) in [4.78, 5) is 11.2. The zero-order valence-corrected chi connectivity index (χ0v) is 10.2. The number of aliphatic hydroxyl groups excluding tert-OH is 1. The molecule has 0 aliphatic rings. The fourth-order valence-corrected chi connectivity index (χ4v) is 2.09. The van der Waals surface area contributed by atoms with Gasteiger partial charge in [-0.15, -0.1) is 0 Å². The van der Waals surface area contributed by atoms with E-state index < -0.39 is 12.0 Å². The number of primary amides is 1. The molecule has 0 heterocycles. The highest BCUT2D eigenvalue weighted by atomic mass is 16.3. The van der Waals surface area contributed by atoms with Crippen LogP contribution >= 0.6 is 0 Å². The van der Waals surface area contributed by atoms with Crippen LogP contribution < -0.4 is 5.73 Å². The number of hydrogen-bond donors (Lipinski definition) is 2. The molecule has 2 rings (SSSR count).